The lowest BCUT2D eigenvalue weighted by Crippen LogP contribution is -2.24. The maximum atomic E-state index is 12.5. The Bertz CT molecular complexity index is 1100. The minimum atomic E-state index is 0.0282. The molecule has 27 heavy (non-hydrogen) atoms. The molecule has 0 aliphatic rings. The molecule has 0 saturated carbocycles. The van der Waals surface area contributed by atoms with E-state index >= 15 is 0 Å². The van der Waals surface area contributed by atoms with Gasteiger partial charge in [0.05, 0.1) is 18.7 Å². The lowest BCUT2D eigenvalue weighted by Gasteiger charge is -2.03. The highest BCUT2D eigenvalue weighted by molar-refractivity contribution is 7.15. The van der Waals surface area contributed by atoms with Gasteiger partial charge in [0.1, 0.15) is 5.01 Å². The van der Waals surface area contributed by atoms with Gasteiger partial charge in [0.2, 0.25) is 5.91 Å². The van der Waals surface area contributed by atoms with Gasteiger partial charge in [-0.25, -0.2) is 4.98 Å². The number of amides is 1. The quantitative estimate of drug-likeness (QED) is 0.559. The number of para-hydroxylation sites is 1. The highest BCUT2D eigenvalue weighted by Crippen LogP contribution is 2.27. The van der Waals surface area contributed by atoms with Gasteiger partial charge >= 0.3 is 0 Å². The smallest absolute Gasteiger partial charge is 0.224 e. The first-order valence-electron chi connectivity index (χ1n) is 8.93. The Morgan fingerprint density at radius 3 is 2.67 bits per heavy atom. The van der Waals surface area contributed by atoms with Crippen molar-refractivity contribution in [3.05, 3.63) is 76.9 Å². The molecular formula is C22H21N3OS. The zero-order chi connectivity index (χ0) is 18.8. The molecule has 0 saturated heterocycles. The van der Waals surface area contributed by atoms with E-state index in [2.05, 4.69) is 39.1 Å². The number of rotatable bonds is 5. The van der Waals surface area contributed by atoms with Gasteiger partial charge in [-0.2, -0.15) is 0 Å². The van der Waals surface area contributed by atoms with Gasteiger partial charge < -0.3 is 9.88 Å². The number of hydrogen-bond acceptors (Lipinski definition) is 3. The van der Waals surface area contributed by atoms with Crippen molar-refractivity contribution in [2.45, 2.75) is 19.9 Å². The molecule has 2 aromatic heterocycles. The van der Waals surface area contributed by atoms with E-state index in [0.717, 1.165) is 37.6 Å². The van der Waals surface area contributed by atoms with E-state index in [9.17, 15) is 4.79 Å². The summed E-state index contributed by atoms with van der Waals surface area (Å²) >= 11 is 1.64. The molecule has 2 heterocycles. The van der Waals surface area contributed by atoms with Crippen molar-refractivity contribution in [2.75, 3.05) is 0 Å². The molecule has 0 radical (unpaired) electrons. The summed E-state index contributed by atoms with van der Waals surface area (Å²) in [5.41, 5.74) is 4.28. The first-order valence-corrected chi connectivity index (χ1v) is 9.75. The van der Waals surface area contributed by atoms with Gasteiger partial charge in [-0.3, -0.25) is 4.79 Å². The van der Waals surface area contributed by atoms with Crippen LogP contribution in [0.3, 0.4) is 0 Å². The molecule has 0 aliphatic heterocycles. The van der Waals surface area contributed by atoms with Gasteiger partial charge in [0.25, 0.3) is 0 Å². The lowest BCUT2D eigenvalue weighted by atomic mass is 10.1. The van der Waals surface area contributed by atoms with Crippen molar-refractivity contribution in [1.29, 1.82) is 0 Å². The molecule has 0 bridgehead atoms. The Morgan fingerprint density at radius 2 is 1.85 bits per heavy atom. The minimum absolute atomic E-state index is 0.0282. The number of aromatic nitrogens is 2. The zero-order valence-corrected chi connectivity index (χ0v) is 16.2. The van der Waals surface area contributed by atoms with Crippen molar-refractivity contribution in [3.63, 3.8) is 0 Å². The molecular weight excluding hydrogens is 354 g/mol. The van der Waals surface area contributed by atoms with E-state index < -0.39 is 0 Å². The van der Waals surface area contributed by atoms with E-state index in [1.165, 1.54) is 0 Å². The molecule has 4 rings (SSSR count). The van der Waals surface area contributed by atoms with Crippen molar-refractivity contribution in [2.24, 2.45) is 7.05 Å². The second kappa shape index (κ2) is 7.37. The number of nitrogens with one attached hydrogen (secondary N) is 1. The van der Waals surface area contributed by atoms with Crippen molar-refractivity contribution in [1.82, 2.24) is 14.9 Å². The predicted molar refractivity (Wildman–Crippen MR) is 111 cm³/mol. The Labute approximate surface area is 162 Å². The first-order chi connectivity index (χ1) is 13.1. The average molecular weight is 375 g/mol. The van der Waals surface area contributed by atoms with E-state index in [0.29, 0.717) is 13.0 Å². The molecule has 4 aromatic rings. The van der Waals surface area contributed by atoms with Gasteiger partial charge in [0.15, 0.2) is 0 Å². The van der Waals surface area contributed by atoms with Crippen LogP contribution in [0.1, 0.15) is 16.1 Å². The Hall–Kier alpha value is -2.92. The second-order valence-electron chi connectivity index (χ2n) is 6.63. The predicted octanol–water partition coefficient (Wildman–Crippen LogP) is 4.47. The number of carbonyl (C=O) groups is 1. The monoisotopic (exact) mass is 375 g/mol. The topological polar surface area (TPSA) is 46.9 Å². The minimum Gasteiger partial charge on any atom is -0.351 e. The highest BCUT2D eigenvalue weighted by atomic mass is 32.1. The normalized spacial score (nSPS) is 11.0. The van der Waals surface area contributed by atoms with Gasteiger partial charge in [-0.1, -0.05) is 48.5 Å². The molecule has 0 aliphatic carbocycles. The summed E-state index contributed by atoms with van der Waals surface area (Å²) in [5, 5.41) is 5.18. The molecule has 4 nitrogen and oxygen atoms in total. The van der Waals surface area contributed by atoms with Crippen LogP contribution in [0.2, 0.25) is 0 Å². The number of thiazole rings is 1. The number of nitrogens with zero attached hydrogens (tertiary/aromatic N) is 2. The average Bonchev–Trinajstić information content (AvgIpc) is 3.21. The van der Waals surface area contributed by atoms with Crippen LogP contribution in [0.5, 0.6) is 0 Å². The molecule has 1 N–H and O–H groups in total. The molecule has 0 fully saturated rings. The Kier molecular flexibility index (Phi) is 4.77. The van der Waals surface area contributed by atoms with Crippen LogP contribution < -0.4 is 5.32 Å². The molecule has 0 spiro atoms. The fourth-order valence-electron chi connectivity index (χ4n) is 3.28. The van der Waals surface area contributed by atoms with Crippen LogP contribution in [-0.2, 0) is 24.8 Å². The van der Waals surface area contributed by atoms with Crippen LogP contribution in [0.15, 0.2) is 60.8 Å². The number of fused-ring (bicyclic) bond motifs is 1. The summed E-state index contributed by atoms with van der Waals surface area (Å²) < 4.78 is 2.07. The summed E-state index contributed by atoms with van der Waals surface area (Å²) in [6.07, 6.45) is 2.42. The van der Waals surface area contributed by atoms with Crippen LogP contribution in [0.4, 0.5) is 0 Å². The molecule has 136 valence electrons. The van der Waals surface area contributed by atoms with E-state index in [-0.39, 0.29) is 5.91 Å². The fraction of sp³-hybridized carbons (Fsp3) is 0.182. The summed E-state index contributed by atoms with van der Waals surface area (Å²) in [5.74, 6) is 0.0282. The second-order valence-corrected chi connectivity index (χ2v) is 7.71. The summed E-state index contributed by atoms with van der Waals surface area (Å²) in [6.45, 7) is 2.51. The molecule has 0 unspecified atom stereocenters. The fourth-order valence-corrected chi connectivity index (χ4v) is 4.28. The largest absolute Gasteiger partial charge is 0.351 e. The van der Waals surface area contributed by atoms with Crippen LogP contribution in [0.25, 0.3) is 21.5 Å². The van der Waals surface area contributed by atoms with Crippen LogP contribution >= 0.6 is 11.3 Å². The molecule has 1 amide bonds. The van der Waals surface area contributed by atoms with Crippen molar-refractivity contribution < 1.29 is 4.79 Å². The Morgan fingerprint density at radius 1 is 1.11 bits per heavy atom. The van der Waals surface area contributed by atoms with Crippen molar-refractivity contribution in [3.8, 4) is 10.6 Å². The lowest BCUT2D eigenvalue weighted by molar-refractivity contribution is -0.120. The third kappa shape index (κ3) is 3.64. The maximum absolute atomic E-state index is 12.5. The number of carbonyl (C=O) groups excluding carboxylic acids is 1. The summed E-state index contributed by atoms with van der Waals surface area (Å²) in [7, 11) is 2.01. The highest BCUT2D eigenvalue weighted by Gasteiger charge is 2.13. The van der Waals surface area contributed by atoms with E-state index in [1.807, 2.05) is 50.5 Å². The van der Waals surface area contributed by atoms with E-state index in [4.69, 9.17) is 0 Å². The summed E-state index contributed by atoms with van der Waals surface area (Å²) in [6, 6.07) is 18.3. The number of benzene rings is 2. The number of hydrogen-bond donors (Lipinski definition) is 1. The van der Waals surface area contributed by atoms with E-state index in [1.54, 1.807) is 11.3 Å². The first kappa shape index (κ1) is 17.5. The SMILES string of the molecule is Cc1nc(-c2ccccc2)sc1CNC(=O)Cc1cn(C)c2ccccc12. The van der Waals surface area contributed by atoms with Gasteiger partial charge in [-0.05, 0) is 18.6 Å². The van der Waals surface area contributed by atoms with Crippen LogP contribution in [0, 0.1) is 6.92 Å². The third-order valence-electron chi connectivity index (χ3n) is 4.69. The van der Waals surface area contributed by atoms with Crippen LogP contribution in [-0.4, -0.2) is 15.5 Å². The van der Waals surface area contributed by atoms with Gasteiger partial charge in [-0.15, -0.1) is 11.3 Å². The van der Waals surface area contributed by atoms with Crippen molar-refractivity contribution >= 4 is 28.1 Å². The number of aryl methyl sites for hydroxylation is 2. The standard InChI is InChI=1S/C22H21N3OS/c1-15-20(27-22(24-15)16-8-4-3-5-9-16)13-23-21(26)12-17-14-25(2)19-11-7-6-10-18(17)19/h3-11,14H,12-13H2,1-2H3,(H,23,26). The molecule has 5 heteroatoms. The van der Waals surface area contributed by atoms with Gasteiger partial charge in [0, 0.05) is 34.6 Å². The maximum Gasteiger partial charge on any atom is 0.224 e. The third-order valence-corrected chi connectivity index (χ3v) is 5.90. The molecule has 0 atom stereocenters. The summed E-state index contributed by atoms with van der Waals surface area (Å²) in [4.78, 5) is 18.2. The Balaban J connectivity index is 1.44. The zero-order valence-electron chi connectivity index (χ0n) is 15.4. The molecule has 2 aromatic carbocycles.